The molecule has 1 saturated heterocycles. The predicted molar refractivity (Wildman–Crippen MR) is 87.7 cm³/mol. The molecule has 1 aliphatic carbocycles. The Morgan fingerprint density at radius 2 is 1.91 bits per heavy atom. The first-order chi connectivity index (χ1) is 10.6. The third-order valence-corrected chi connectivity index (χ3v) is 5.96. The van der Waals surface area contributed by atoms with Gasteiger partial charge in [0.1, 0.15) is 0 Å². The molecular formula is C17H21NO3S. The topological polar surface area (TPSA) is 57.6 Å². The number of carbonyl (C=O) groups excluding carboxylic acids is 1. The number of hydrogen-bond acceptors (Lipinski definition) is 3. The van der Waals surface area contributed by atoms with Gasteiger partial charge in [0.25, 0.3) is 5.91 Å². The van der Waals surface area contributed by atoms with Crippen molar-refractivity contribution in [2.75, 3.05) is 12.3 Å². The zero-order valence-corrected chi connectivity index (χ0v) is 13.6. The van der Waals surface area contributed by atoms with Crippen LogP contribution in [0.1, 0.15) is 52.0 Å². The fourth-order valence-corrected chi connectivity index (χ4v) is 4.99. The third kappa shape index (κ3) is 3.00. The van der Waals surface area contributed by atoms with Gasteiger partial charge in [-0.25, -0.2) is 4.79 Å². The Bertz CT molecular complexity index is 600. The summed E-state index contributed by atoms with van der Waals surface area (Å²) >= 11 is 1.99. The van der Waals surface area contributed by atoms with Gasteiger partial charge in [0.15, 0.2) is 0 Å². The van der Waals surface area contributed by atoms with Crippen LogP contribution < -0.4 is 0 Å². The lowest BCUT2D eigenvalue weighted by molar-refractivity contribution is 0.0646. The molecule has 1 saturated carbocycles. The van der Waals surface area contributed by atoms with Crippen molar-refractivity contribution in [1.29, 1.82) is 0 Å². The van der Waals surface area contributed by atoms with Crippen molar-refractivity contribution < 1.29 is 14.7 Å². The second kappa shape index (κ2) is 6.32. The maximum absolute atomic E-state index is 12.9. The molecule has 1 aromatic rings. The highest BCUT2D eigenvalue weighted by molar-refractivity contribution is 8.00. The van der Waals surface area contributed by atoms with Gasteiger partial charge < -0.3 is 10.0 Å². The lowest BCUT2D eigenvalue weighted by Crippen LogP contribution is -2.51. The highest BCUT2D eigenvalue weighted by Crippen LogP contribution is 2.36. The zero-order valence-electron chi connectivity index (χ0n) is 12.7. The second-order valence-corrected chi connectivity index (χ2v) is 7.50. The van der Waals surface area contributed by atoms with Gasteiger partial charge in [0.05, 0.1) is 5.56 Å². The molecule has 5 heteroatoms. The van der Waals surface area contributed by atoms with E-state index in [1.165, 1.54) is 25.3 Å². The smallest absolute Gasteiger partial charge is 0.335 e. The molecule has 0 bridgehead atoms. The highest BCUT2D eigenvalue weighted by Gasteiger charge is 2.36. The summed E-state index contributed by atoms with van der Waals surface area (Å²) in [6.45, 7) is 2.60. The Labute approximate surface area is 134 Å². The molecule has 1 aromatic carbocycles. The normalized spacial score (nSPS) is 24.7. The van der Waals surface area contributed by atoms with Gasteiger partial charge in [-0.2, -0.15) is 11.8 Å². The van der Waals surface area contributed by atoms with E-state index in [2.05, 4.69) is 0 Å². The van der Waals surface area contributed by atoms with Crippen LogP contribution in [0.2, 0.25) is 0 Å². The van der Waals surface area contributed by atoms with Crippen LogP contribution in [-0.2, 0) is 0 Å². The summed E-state index contributed by atoms with van der Waals surface area (Å²) in [7, 11) is 0. The van der Waals surface area contributed by atoms with Crippen LogP contribution in [0.25, 0.3) is 0 Å². The van der Waals surface area contributed by atoms with Gasteiger partial charge in [0, 0.05) is 29.2 Å². The average molecular weight is 319 g/mol. The van der Waals surface area contributed by atoms with Crippen LogP contribution in [0.15, 0.2) is 18.2 Å². The molecule has 1 N–H and O–H groups in total. The summed E-state index contributed by atoms with van der Waals surface area (Å²) in [6, 6.07) is 5.23. The minimum atomic E-state index is -0.984. The van der Waals surface area contributed by atoms with Gasteiger partial charge in [0.2, 0.25) is 0 Å². The van der Waals surface area contributed by atoms with E-state index in [0.29, 0.717) is 16.9 Å². The minimum absolute atomic E-state index is 0.0107. The standard InChI is InChI=1S/C17H21NO3S/c1-11-8-12(10-13(9-11)17(20)21)16(19)18-6-7-22-15-5-3-2-4-14(15)18/h8-10,14-15H,2-7H2,1H3,(H,20,21). The summed E-state index contributed by atoms with van der Waals surface area (Å²) < 4.78 is 0. The molecule has 1 heterocycles. The lowest BCUT2D eigenvalue weighted by Gasteiger charge is -2.43. The minimum Gasteiger partial charge on any atom is -0.478 e. The van der Waals surface area contributed by atoms with Crippen LogP contribution in [-0.4, -0.2) is 45.5 Å². The summed E-state index contributed by atoms with van der Waals surface area (Å²) in [5.74, 6) is -0.0178. The average Bonchev–Trinajstić information content (AvgIpc) is 2.53. The van der Waals surface area contributed by atoms with Gasteiger partial charge in [-0.3, -0.25) is 4.79 Å². The molecule has 2 aliphatic rings. The molecule has 0 spiro atoms. The largest absolute Gasteiger partial charge is 0.478 e. The van der Waals surface area contributed by atoms with Gasteiger partial charge >= 0.3 is 5.97 Å². The van der Waals surface area contributed by atoms with E-state index in [-0.39, 0.29) is 11.5 Å². The van der Waals surface area contributed by atoms with Crippen LogP contribution in [0.4, 0.5) is 0 Å². The number of carboxylic acids is 1. The van der Waals surface area contributed by atoms with Crippen molar-refractivity contribution in [2.45, 2.75) is 43.9 Å². The van der Waals surface area contributed by atoms with E-state index < -0.39 is 5.97 Å². The van der Waals surface area contributed by atoms with Crippen LogP contribution in [0, 0.1) is 6.92 Å². The van der Waals surface area contributed by atoms with Crippen molar-refractivity contribution in [1.82, 2.24) is 4.90 Å². The van der Waals surface area contributed by atoms with Gasteiger partial charge in [-0.15, -0.1) is 0 Å². The number of rotatable bonds is 2. The molecule has 2 fully saturated rings. The Morgan fingerprint density at radius 1 is 1.18 bits per heavy atom. The first-order valence-electron chi connectivity index (χ1n) is 7.84. The SMILES string of the molecule is Cc1cc(C(=O)O)cc(C(=O)N2CCSC3CCCCC32)c1. The molecule has 2 atom stereocenters. The molecule has 0 radical (unpaired) electrons. The second-order valence-electron chi connectivity index (χ2n) is 6.15. The number of amides is 1. The maximum Gasteiger partial charge on any atom is 0.335 e. The fourth-order valence-electron chi connectivity index (χ4n) is 3.54. The number of nitrogens with zero attached hydrogens (tertiary/aromatic N) is 1. The molecule has 1 amide bonds. The van der Waals surface area contributed by atoms with Crippen molar-refractivity contribution in [3.05, 3.63) is 34.9 Å². The number of aryl methyl sites for hydroxylation is 1. The van der Waals surface area contributed by atoms with Crippen molar-refractivity contribution in [2.24, 2.45) is 0 Å². The van der Waals surface area contributed by atoms with Crippen molar-refractivity contribution >= 4 is 23.6 Å². The van der Waals surface area contributed by atoms with Crippen molar-refractivity contribution in [3.8, 4) is 0 Å². The Kier molecular flexibility index (Phi) is 4.43. The van der Waals surface area contributed by atoms with Gasteiger partial charge in [-0.05, 0) is 43.5 Å². The molecule has 4 nitrogen and oxygen atoms in total. The Balaban J connectivity index is 1.88. The van der Waals surface area contributed by atoms with E-state index in [0.717, 1.165) is 24.3 Å². The van der Waals surface area contributed by atoms with E-state index in [1.54, 1.807) is 12.1 Å². The number of aromatic carboxylic acids is 1. The number of carbonyl (C=O) groups is 2. The van der Waals surface area contributed by atoms with Gasteiger partial charge in [-0.1, -0.05) is 12.8 Å². The van der Waals surface area contributed by atoms with Crippen LogP contribution in [0.3, 0.4) is 0 Å². The molecule has 3 rings (SSSR count). The summed E-state index contributed by atoms with van der Waals surface area (Å²) in [4.78, 5) is 26.1. The lowest BCUT2D eigenvalue weighted by atomic mass is 9.92. The zero-order chi connectivity index (χ0) is 15.7. The first kappa shape index (κ1) is 15.4. The number of carboxylic acid groups (broad SMARTS) is 1. The van der Waals surface area contributed by atoms with Crippen LogP contribution >= 0.6 is 11.8 Å². The van der Waals surface area contributed by atoms with E-state index in [4.69, 9.17) is 0 Å². The highest BCUT2D eigenvalue weighted by atomic mass is 32.2. The molecule has 118 valence electrons. The number of thioether (sulfide) groups is 1. The molecule has 2 unspecified atom stereocenters. The predicted octanol–water partition coefficient (Wildman–Crippen LogP) is 3.19. The Hall–Kier alpha value is -1.49. The number of benzene rings is 1. The number of fused-ring (bicyclic) bond motifs is 1. The maximum atomic E-state index is 12.9. The summed E-state index contributed by atoms with van der Waals surface area (Å²) in [5, 5.41) is 9.74. The molecule has 1 aliphatic heterocycles. The molecule has 0 aromatic heterocycles. The van der Waals surface area contributed by atoms with Crippen molar-refractivity contribution in [3.63, 3.8) is 0 Å². The molecule has 22 heavy (non-hydrogen) atoms. The summed E-state index contributed by atoms with van der Waals surface area (Å²) in [6.07, 6.45) is 4.69. The van der Waals surface area contributed by atoms with Crippen LogP contribution in [0.5, 0.6) is 0 Å². The Morgan fingerprint density at radius 3 is 2.68 bits per heavy atom. The van der Waals surface area contributed by atoms with E-state index in [9.17, 15) is 14.7 Å². The van der Waals surface area contributed by atoms with E-state index in [1.807, 2.05) is 23.6 Å². The third-order valence-electron chi connectivity index (χ3n) is 4.56. The number of hydrogen-bond donors (Lipinski definition) is 1. The fraction of sp³-hybridized carbons (Fsp3) is 0.529. The summed E-state index contributed by atoms with van der Waals surface area (Å²) in [5.41, 5.74) is 1.51. The monoisotopic (exact) mass is 319 g/mol. The van der Waals surface area contributed by atoms with E-state index >= 15 is 0 Å². The quantitative estimate of drug-likeness (QED) is 0.909. The first-order valence-corrected chi connectivity index (χ1v) is 8.88. The molecular weight excluding hydrogens is 298 g/mol.